The highest BCUT2D eigenvalue weighted by atomic mass is 16.5. The predicted molar refractivity (Wildman–Crippen MR) is 106 cm³/mol. The van der Waals surface area contributed by atoms with Crippen molar-refractivity contribution in [2.24, 2.45) is 5.92 Å². The Bertz CT molecular complexity index is 717. The standard InChI is InChI=1S/C21H28N2O5/c1-3-27-18-11-7-5-9-16(18)12-13-20(25)28-14-19(24)23-21(26)22-17-10-6-4-8-15(17)2/h5,7,9,11-13,15,17H,3-4,6,8,10,14H2,1-2H3,(H2,22,23,24,26)/b13-12+. The summed E-state index contributed by atoms with van der Waals surface area (Å²) in [7, 11) is 0. The highest BCUT2D eigenvalue weighted by molar-refractivity contribution is 5.96. The van der Waals surface area contributed by atoms with Gasteiger partial charge < -0.3 is 14.8 Å². The molecule has 2 N–H and O–H groups in total. The number of hydrogen-bond donors (Lipinski definition) is 2. The molecule has 28 heavy (non-hydrogen) atoms. The molecule has 0 bridgehead atoms. The van der Waals surface area contributed by atoms with E-state index < -0.39 is 24.5 Å². The molecule has 1 aliphatic rings. The zero-order chi connectivity index (χ0) is 20.4. The van der Waals surface area contributed by atoms with Gasteiger partial charge in [0.25, 0.3) is 5.91 Å². The van der Waals surface area contributed by atoms with Crippen molar-refractivity contribution < 1.29 is 23.9 Å². The van der Waals surface area contributed by atoms with E-state index in [9.17, 15) is 14.4 Å². The lowest BCUT2D eigenvalue weighted by atomic mass is 9.86. The number of para-hydroxylation sites is 1. The molecular weight excluding hydrogens is 360 g/mol. The third-order valence-corrected chi connectivity index (χ3v) is 4.64. The molecule has 7 heteroatoms. The fraction of sp³-hybridized carbons (Fsp3) is 0.476. The van der Waals surface area contributed by atoms with Gasteiger partial charge in [0.2, 0.25) is 0 Å². The number of ether oxygens (including phenoxy) is 2. The molecule has 1 aromatic rings. The normalized spacial score (nSPS) is 19.1. The molecule has 0 saturated heterocycles. The van der Waals surface area contributed by atoms with Crippen LogP contribution in [0.3, 0.4) is 0 Å². The average Bonchev–Trinajstić information content (AvgIpc) is 2.67. The second-order valence-electron chi connectivity index (χ2n) is 6.80. The van der Waals surface area contributed by atoms with Crippen LogP contribution >= 0.6 is 0 Å². The van der Waals surface area contributed by atoms with Crippen molar-refractivity contribution in [1.82, 2.24) is 10.6 Å². The first-order valence-corrected chi connectivity index (χ1v) is 9.66. The molecule has 0 radical (unpaired) electrons. The van der Waals surface area contributed by atoms with E-state index in [1.165, 1.54) is 12.5 Å². The van der Waals surface area contributed by atoms with Gasteiger partial charge in [-0.05, 0) is 37.8 Å². The minimum Gasteiger partial charge on any atom is -0.493 e. The monoisotopic (exact) mass is 388 g/mol. The topological polar surface area (TPSA) is 93.7 Å². The van der Waals surface area contributed by atoms with E-state index in [1.807, 2.05) is 19.1 Å². The summed E-state index contributed by atoms with van der Waals surface area (Å²) in [6, 6.07) is 6.78. The molecule has 2 atom stereocenters. The maximum absolute atomic E-state index is 11.9. The summed E-state index contributed by atoms with van der Waals surface area (Å²) < 4.78 is 10.3. The number of benzene rings is 1. The zero-order valence-electron chi connectivity index (χ0n) is 16.4. The predicted octanol–water partition coefficient (Wildman–Crippen LogP) is 3.05. The van der Waals surface area contributed by atoms with Crippen molar-refractivity contribution in [1.29, 1.82) is 0 Å². The van der Waals surface area contributed by atoms with E-state index in [0.717, 1.165) is 24.8 Å². The Morgan fingerprint density at radius 2 is 1.93 bits per heavy atom. The molecule has 7 nitrogen and oxygen atoms in total. The summed E-state index contributed by atoms with van der Waals surface area (Å²) >= 11 is 0. The highest BCUT2D eigenvalue weighted by Crippen LogP contribution is 2.23. The number of rotatable bonds is 7. The third-order valence-electron chi connectivity index (χ3n) is 4.64. The molecule has 152 valence electrons. The van der Waals surface area contributed by atoms with Crippen LogP contribution in [0.5, 0.6) is 5.75 Å². The lowest BCUT2D eigenvalue weighted by Crippen LogP contribution is -2.48. The van der Waals surface area contributed by atoms with Crippen LogP contribution < -0.4 is 15.4 Å². The van der Waals surface area contributed by atoms with E-state index in [1.54, 1.807) is 18.2 Å². The van der Waals surface area contributed by atoms with Gasteiger partial charge >= 0.3 is 12.0 Å². The van der Waals surface area contributed by atoms with Crippen LogP contribution in [0.25, 0.3) is 6.08 Å². The number of amides is 3. The highest BCUT2D eigenvalue weighted by Gasteiger charge is 2.23. The first-order valence-electron chi connectivity index (χ1n) is 9.66. The molecule has 0 heterocycles. The van der Waals surface area contributed by atoms with Gasteiger partial charge in [0, 0.05) is 17.7 Å². The summed E-state index contributed by atoms with van der Waals surface area (Å²) in [4.78, 5) is 35.5. The molecule has 1 aromatic carbocycles. The maximum Gasteiger partial charge on any atom is 0.331 e. The summed E-state index contributed by atoms with van der Waals surface area (Å²) in [6.07, 6.45) is 6.98. The number of nitrogens with one attached hydrogen (secondary N) is 2. The van der Waals surface area contributed by atoms with Crippen LogP contribution in [0.15, 0.2) is 30.3 Å². The molecule has 0 aliphatic heterocycles. The Labute approximate surface area is 165 Å². The molecule has 1 aliphatic carbocycles. The molecule has 1 fully saturated rings. The molecule has 0 spiro atoms. The van der Waals surface area contributed by atoms with Crippen molar-refractivity contribution in [2.75, 3.05) is 13.2 Å². The van der Waals surface area contributed by atoms with Gasteiger partial charge in [-0.1, -0.05) is 38.0 Å². The number of esters is 1. The summed E-state index contributed by atoms with van der Waals surface area (Å²) in [5.41, 5.74) is 0.728. The maximum atomic E-state index is 11.9. The second-order valence-corrected chi connectivity index (χ2v) is 6.80. The Hall–Kier alpha value is -2.83. The number of carbonyl (C=O) groups is 3. The van der Waals surface area contributed by atoms with Crippen LogP contribution in [0.1, 0.15) is 45.1 Å². The minimum atomic E-state index is -0.678. The molecule has 2 unspecified atom stereocenters. The Kier molecular flexibility index (Phi) is 8.52. The van der Waals surface area contributed by atoms with Crippen molar-refractivity contribution in [3.05, 3.63) is 35.9 Å². The summed E-state index contributed by atoms with van der Waals surface area (Å²) in [5.74, 6) is -0.308. The Balaban J connectivity index is 1.74. The molecule has 3 amide bonds. The molecule has 0 aromatic heterocycles. The minimum absolute atomic E-state index is 0.0671. The van der Waals surface area contributed by atoms with Crippen molar-refractivity contribution in [3.63, 3.8) is 0 Å². The van der Waals surface area contributed by atoms with E-state index >= 15 is 0 Å². The first kappa shape index (κ1) is 21.5. The van der Waals surface area contributed by atoms with Crippen molar-refractivity contribution in [2.45, 2.75) is 45.6 Å². The van der Waals surface area contributed by atoms with Crippen LogP contribution in [-0.4, -0.2) is 37.2 Å². The van der Waals surface area contributed by atoms with Gasteiger partial charge in [-0.3, -0.25) is 10.1 Å². The van der Waals surface area contributed by atoms with Crippen molar-refractivity contribution in [3.8, 4) is 5.75 Å². The fourth-order valence-electron chi connectivity index (χ4n) is 3.15. The lowest BCUT2D eigenvalue weighted by molar-refractivity contribution is -0.143. The third kappa shape index (κ3) is 7.06. The smallest absolute Gasteiger partial charge is 0.331 e. The quantitative estimate of drug-likeness (QED) is 0.553. The second kappa shape index (κ2) is 11.1. The molecular formula is C21H28N2O5. The van der Waals surface area contributed by atoms with E-state index in [2.05, 4.69) is 17.6 Å². The van der Waals surface area contributed by atoms with Crippen LogP contribution in [0.2, 0.25) is 0 Å². The van der Waals surface area contributed by atoms with Gasteiger partial charge in [0.05, 0.1) is 6.61 Å². The lowest BCUT2D eigenvalue weighted by Gasteiger charge is -2.29. The SMILES string of the molecule is CCOc1ccccc1/C=C/C(=O)OCC(=O)NC(=O)NC1CCCCC1C. The van der Waals surface area contributed by atoms with Crippen LogP contribution in [-0.2, 0) is 14.3 Å². The van der Waals surface area contributed by atoms with E-state index in [4.69, 9.17) is 9.47 Å². The van der Waals surface area contributed by atoms with Gasteiger partial charge in [-0.15, -0.1) is 0 Å². The van der Waals surface area contributed by atoms with Gasteiger partial charge in [-0.25, -0.2) is 9.59 Å². The number of imide groups is 1. The van der Waals surface area contributed by atoms with Crippen LogP contribution in [0.4, 0.5) is 4.79 Å². The number of urea groups is 1. The van der Waals surface area contributed by atoms with Gasteiger partial charge in [0.1, 0.15) is 5.75 Å². The summed E-state index contributed by atoms with van der Waals surface area (Å²) in [5, 5.41) is 5.01. The first-order chi connectivity index (χ1) is 13.5. The number of carbonyl (C=O) groups excluding carboxylic acids is 3. The Morgan fingerprint density at radius 1 is 1.18 bits per heavy atom. The summed E-state index contributed by atoms with van der Waals surface area (Å²) in [6.45, 7) is 3.95. The van der Waals surface area contributed by atoms with Crippen LogP contribution in [0, 0.1) is 5.92 Å². The fourth-order valence-corrected chi connectivity index (χ4v) is 3.15. The zero-order valence-corrected chi connectivity index (χ0v) is 16.4. The van der Waals surface area contributed by atoms with Gasteiger partial charge in [-0.2, -0.15) is 0 Å². The Morgan fingerprint density at radius 3 is 2.68 bits per heavy atom. The van der Waals surface area contributed by atoms with Gasteiger partial charge in [0.15, 0.2) is 6.61 Å². The van der Waals surface area contributed by atoms with E-state index in [0.29, 0.717) is 18.3 Å². The number of hydrogen-bond acceptors (Lipinski definition) is 5. The average molecular weight is 388 g/mol. The van der Waals surface area contributed by atoms with E-state index in [-0.39, 0.29) is 6.04 Å². The van der Waals surface area contributed by atoms with Crippen molar-refractivity contribution >= 4 is 24.0 Å². The largest absolute Gasteiger partial charge is 0.493 e. The molecule has 1 saturated carbocycles. The molecule has 2 rings (SSSR count).